The minimum absolute atomic E-state index is 0.0377. The minimum atomic E-state index is -4.40. The number of benzene rings is 1. The minimum Gasteiger partial charge on any atom is -0.487 e. The molecule has 0 fully saturated rings. The van der Waals surface area contributed by atoms with E-state index in [1.165, 1.54) is 18.3 Å². The molecule has 4 rings (SSSR count). The molecule has 0 aliphatic heterocycles. The zero-order valence-corrected chi connectivity index (χ0v) is 16.1. The van der Waals surface area contributed by atoms with Crippen LogP contribution in [0.1, 0.15) is 11.3 Å². The number of alkyl halides is 3. The van der Waals surface area contributed by atoms with E-state index in [-0.39, 0.29) is 18.2 Å². The van der Waals surface area contributed by atoms with Crippen LogP contribution in [-0.4, -0.2) is 24.9 Å². The van der Waals surface area contributed by atoms with Gasteiger partial charge in [0.1, 0.15) is 17.5 Å². The maximum atomic E-state index is 12.7. The first-order chi connectivity index (χ1) is 14.3. The summed E-state index contributed by atoms with van der Waals surface area (Å²) in [6.45, 7) is 0.0377. The Hall–Kier alpha value is -3.40. The molecule has 3 heterocycles. The van der Waals surface area contributed by atoms with Crippen molar-refractivity contribution in [3.8, 4) is 28.6 Å². The van der Waals surface area contributed by atoms with Crippen LogP contribution in [0.5, 0.6) is 5.75 Å². The van der Waals surface area contributed by atoms with Crippen molar-refractivity contribution in [3.05, 3.63) is 65.2 Å². The van der Waals surface area contributed by atoms with E-state index < -0.39 is 11.7 Å². The van der Waals surface area contributed by atoms with Crippen LogP contribution in [-0.2, 0) is 19.8 Å². The van der Waals surface area contributed by atoms with Gasteiger partial charge in [0.25, 0.3) is 5.89 Å². The Kier molecular flexibility index (Phi) is 5.17. The van der Waals surface area contributed by atoms with E-state index in [2.05, 4.69) is 20.2 Å². The van der Waals surface area contributed by atoms with Crippen LogP contribution >= 0.6 is 11.6 Å². The summed E-state index contributed by atoms with van der Waals surface area (Å²) in [6, 6.07) is 7.74. The summed E-state index contributed by atoms with van der Waals surface area (Å²) in [6.07, 6.45) is -1.33. The van der Waals surface area contributed by atoms with Crippen LogP contribution in [0.25, 0.3) is 22.8 Å². The number of hydrogen-bond acceptors (Lipinski definition) is 6. The number of pyridine rings is 1. The highest BCUT2D eigenvalue weighted by Crippen LogP contribution is 2.31. The smallest absolute Gasteiger partial charge is 0.416 e. The number of aromatic nitrogens is 5. The Bertz CT molecular complexity index is 1170. The third kappa shape index (κ3) is 4.13. The summed E-state index contributed by atoms with van der Waals surface area (Å²) >= 11 is 5.89. The van der Waals surface area contributed by atoms with Gasteiger partial charge in [-0.1, -0.05) is 16.8 Å². The Morgan fingerprint density at radius 1 is 1.17 bits per heavy atom. The summed E-state index contributed by atoms with van der Waals surface area (Å²) < 4.78 is 50.6. The van der Waals surface area contributed by atoms with Gasteiger partial charge < -0.3 is 9.26 Å². The lowest BCUT2D eigenvalue weighted by Gasteiger charge is -2.10. The fourth-order valence-corrected chi connectivity index (χ4v) is 2.87. The average Bonchev–Trinajstić information content (AvgIpc) is 3.33. The highest BCUT2D eigenvalue weighted by Gasteiger charge is 2.30. The Morgan fingerprint density at radius 3 is 2.63 bits per heavy atom. The normalized spacial score (nSPS) is 11.6. The maximum Gasteiger partial charge on any atom is 0.416 e. The van der Waals surface area contributed by atoms with Crippen molar-refractivity contribution >= 4 is 11.6 Å². The molecule has 0 saturated carbocycles. The van der Waals surface area contributed by atoms with E-state index in [1.807, 2.05) is 0 Å². The zero-order valence-electron chi connectivity index (χ0n) is 15.4. The molecule has 0 amide bonds. The Labute approximate surface area is 173 Å². The molecule has 0 N–H and O–H groups in total. The molecule has 1 aromatic carbocycles. The largest absolute Gasteiger partial charge is 0.487 e. The van der Waals surface area contributed by atoms with Gasteiger partial charge in [-0.25, -0.2) is 4.98 Å². The van der Waals surface area contributed by atoms with Crippen LogP contribution in [0.15, 0.2) is 53.3 Å². The molecule has 0 aliphatic rings. The first kappa shape index (κ1) is 19.9. The second-order valence-corrected chi connectivity index (χ2v) is 6.62. The van der Waals surface area contributed by atoms with E-state index in [0.717, 1.165) is 12.1 Å². The molecule has 4 aromatic rings. The number of hydrogen-bond donors (Lipinski definition) is 0. The third-order valence-corrected chi connectivity index (χ3v) is 4.47. The Balaban J connectivity index is 1.54. The van der Waals surface area contributed by atoms with Crippen LogP contribution in [0.3, 0.4) is 0 Å². The van der Waals surface area contributed by atoms with Crippen molar-refractivity contribution in [1.29, 1.82) is 0 Å². The SMILES string of the molecule is Cn1ncc(-c2nc(-c3ccnc(Cl)c3)no2)c1COc1ccc(C(F)(F)F)cc1. The lowest BCUT2D eigenvalue weighted by Crippen LogP contribution is -2.06. The Morgan fingerprint density at radius 2 is 1.93 bits per heavy atom. The summed E-state index contributed by atoms with van der Waals surface area (Å²) in [5.74, 6) is 0.831. The van der Waals surface area contributed by atoms with Gasteiger partial charge in [-0.05, 0) is 36.4 Å². The summed E-state index contributed by atoms with van der Waals surface area (Å²) in [4.78, 5) is 8.27. The van der Waals surface area contributed by atoms with Gasteiger partial charge in [-0.2, -0.15) is 23.3 Å². The number of rotatable bonds is 5. The van der Waals surface area contributed by atoms with E-state index in [0.29, 0.717) is 27.8 Å². The maximum absolute atomic E-state index is 12.7. The quantitative estimate of drug-likeness (QED) is 0.420. The van der Waals surface area contributed by atoms with Crippen LogP contribution in [0.2, 0.25) is 5.15 Å². The second-order valence-electron chi connectivity index (χ2n) is 6.23. The lowest BCUT2D eigenvalue weighted by atomic mass is 10.2. The van der Waals surface area contributed by atoms with Crippen molar-refractivity contribution < 1.29 is 22.4 Å². The molecular formula is C19H13ClF3N5O2. The molecule has 7 nitrogen and oxygen atoms in total. The zero-order chi connectivity index (χ0) is 21.3. The number of aryl methyl sites for hydroxylation is 1. The second kappa shape index (κ2) is 7.79. The molecule has 30 heavy (non-hydrogen) atoms. The molecule has 0 aliphatic carbocycles. The van der Waals surface area contributed by atoms with E-state index in [1.54, 1.807) is 30.1 Å². The standard InChI is InChI=1S/C19H13ClF3N5O2/c1-28-15(10-29-13-4-2-12(3-5-13)19(21,22)23)14(9-25-28)18-26-17(27-30-18)11-6-7-24-16(20)8-11/h2-9H,10H2,1H3. The number of nitrogens with zero attached hydrogens (tertiary/aromatic N) is 5. The van der Waals surface area contributed by atoms with Gasteiger partial charge in [0.05, 0.1) is 23.0 Å². The highest BCUT2D eigenvalue weighted by atomic mass is 35.5. The fraction of sp³-hybridized carbons (Fsp3) is 0.158. The summed E-state index contributed by atoms with van der Waals surface area (Å²) in [7, 11) is 1.70. The van der Waals surface area contributed by atoms with Gasteiger partial charge in [0.2, 0.25) is 5.82 Å². The molecule has 0 bridgehead atoms. The van der Waals surface area contributed by atoms with E-state index in [4.69, 9.17) is 20.9 Å². The van der Waals surface area contributed by atoms with Crippen molar-refractivity contribution in [2.45, 2.75) is 12.8 Å². The molecular weight excluding hydrogens is 423 g/mol. The van der Waals surface area contributed by atoms with Crippen molar-refractivity contribution in [1.82, 2.24) is 24.9 Å². The summed E-state index contributed by atoms with van der Waals surface area (Å²) in [5.41, 5.74) is 1.04. The van der Waals surface area contributed by atoms with Gasteiger partial charge in [-0.3, -0.25) is 4.68 Å². The third-order valence-electron chi connectivity index (χ3n) is 4.26. The van der Waals surface area contributed by atoms with Gasteiger partial charge in [0.15, 0.2) is 0 Å². The first-order valence-corrected chi connectivity index (χ1v) is 8.96. The fourth-order valence-electron chi connectivity index (χ4n) is 2.70. The molecule has 0 saturated heterocycles. The molecule has 0 atom stereocenters. The van der Waals surface area contributed by atoms with Crippen molar-refractivity contribution in [2.75, 3.05) is 0 Å². The van der Waals surface area contributed by atoms with Crippen molar-refractivity contribution in [3.63, 3.8) is 0 Å². The first-order valence-electron chi connectivity index (χ1n) is 8.58. The molecule has 0 radical (unpaired) electrons. The highest BCUT2D eigenvalue weighted by molar-refractivity contribution is 6.29. The monoisotopic (exact) mass is 435 g/mol. The molecule has 3 aromatic heterocycles. The van der Waals surface area contributed by atoms with Gasteiger partial charge in [0, 0.05) is 18.8 Å². The topological polar surface area (TPSA) is 78.9 Å². The predicted molar refractivity (Wildman–Crippen MR) is 101 cm³/mol. The van der Waals surface area contributed by atoms with Crippen LogP contribution in [0.4, 0.5) is 13.2 Å². The van der Waals surface area contributed by atoms with E-state index >= 15 is 0 Å². The number of halogens is 4. The number of ether oxygens (including phenoxy) is 1. The predicted octanol–water partition coefficient (Wildman–Crippen LogP) is 4.78. The molecule has 0 unspecified atom stereocenters. The van der Waals surface area contributed by atoms with E-state index in [9.17, 15) is 13.2 Å². The summed E-state index contributed by atoms with van der Waals surface area (Å²) in [5, 5.41) is 8.42. The van der Waals surface area contributed by atoms with Gasteiger partial charge >= 0.3 is 6.18 Å². The molecule has 154 valence electrons. The van der Waals surface area contributed by atoms with Crippen LogP contribution in [0, 0.1) is 0 Å². The molecule has 11 heteroatoms. The average molecular weight is 436 g/mol. The molecule has 0 spiro atoms. The lowest BCUT2D eigenvalue weighted by molar-refractivity contribution is -0.137. The van der Waals surface area contributed by atoms with Gasteiger partial charge in [-0.15, -0.1) is 0 Å². The van der Waals surface area contributed by atoms with Crippen LogP contribution < -0.4 is 4.74 Å². The van der Waals surface area contributed by atoms with Crippen molar-refractivity contribution in [2.24, 2.45) is 7.05 Å².